The van der Waals surface area contributed by atoms with Crippen molar-refractivity contribution in [3.05, 3.63) is 97.2 Å². The average Bonchev–Trinajstić information content (AvgIpc) is 3.81. The van der Waals surface area contributed by atoms with E-state index in [4.69, 9.17) is 4.74 Å². The quantitative estimate of drug-likeness (QED) is 0.0212. The molecule has 0 saturated heterocycles. The normalized spacial score (nSPS) is 12.8. The number of ether oxygens (including phenoxy) is 1. The van der Waals surface area contributed by atoms with Gasteiger partial charge in [-0.05, 0) is 213 Å². The molecule has 6 nitrogen and oxygen atoms in total. The molecule has 0 aliphatic rings. The van der Waals surface area contributed by atoms with Gasteiger partial charge in [-0.25, -0.2) is 0 Å². The zero-order valence-corrected chi connectivity index (χ0v) is 66.0. The minimum atomic E-state index is -0.0139. The predicted molar refractivity (Wildman–Crippen MR) is 438 cm³/mol. The molecule has 0 saturated carbocycles. The van der Waals surface area contributed by atoms with Gasteiger partial charge in [-0.2, -0.15) is 0 Å². The zero-order chi connectivity index (χ0) is 69.8. The Hall–Kier alpha value is -2.65. The van der Waals surface area contributed by atoms with Crippen LogP contribution in [0.2, 0.25) is 0 Å². The Labute approximate surface area is 612 Å². The van der Waals surface area contributed by atoms with Crippen LogP contribution in [0.25, 0.3) is 0 Å². The number of carbonyl (C=O) groups excluding carboxylic acids is 3. The van der Waals surface area contributed by atoms with Gasteiger partial charge in [-0.3, -0.25) is 4.79 Å². The number of esters is 1. The number of hydrogen-bond donors (Lipinski definition) is 1. The van der Waals surface area contributed by atoms with Crippen molar-refractivity contribution in [3.63, 3.8) is 0 Å². The van der Waals surface area contributed by atoms with Crippen molar-refractivity contribution in [2.24, 2.45) is 0 Å². The van der Waals surface area contributed by atoms with Crippen LogP contribution in [0.3, 0.4) is 0 Å². The van der Waals surface area contributed by atoms with Gasteiger partial charge in [0.1, 0.15) is 18.7 Å². The third-order valence-corrected chi connectivity index (χ3v) is 21.7. The molecule has 97 heavy (non-hydrogen) atoms. The van der Waals surface area contributed by atoms with Crippen LogP contribution in [0, 0.1) is 0 Å². The fourth-order valence-corrected chi connectivity index (χ4v) is 15.3. The molecule has 0 aliphatic heterocycles. The largest absolute Gasteiger partial charge is 0.462 e. The summed E-state index contributed by atoms with van der Waals surface area (Å²) in [7, 11) is 4.29. The van der Waals surface area contributed by atoms with Gasteiger partial charge in [0.05, 0.1) is 0 Å². The van der Waals surface area contributed by atoms with Crippen molar-refractivity contribution in [2.75, 3.05) is 38.5 Å². The number of nitrogens with one attached hydrogen (secondary N) is 1. The summed E-state index contributed by atoms with van der Waals surface area (Å²) in [6.45, 7) is 11.6. The van der Waals surface area contributed by atoms with Crippen LogP contribution in [0.5, 0.6) is 0 Å². The number of nitrogens with zero attached hydrogens (tertiary/aromatic N) is 1. The minimum Gasteiger partial charge on any atom is -0.462 e. The van der Waals surface area contributed by atoms with Crippen LogP contribution >= 0.6 is 21.6 Å². The Morgan fingerprint density at radius 3 is 1.02 bits per heavy atom. The molecule has 1 atom stereocenters. The van der Waals surface area contributed by atoms with Crippen LogP contribution in [-0.4, -0.2) is 73.3 Å². The molecule has 0 aliphatic carbocycles. The highest BCUT2D eigenvalue weighted by Gasteiger charge is 2.16. The molecule has 0 amide bonds. The lowest BCUT2D eigenvalue weighted by Gasteiger charge is -2.22. The van der Waals surface area contributed by atoms with Crippen molar-refractivity contribution in [1.29, 1.82) is 0 Å². The average molecular weight is 1390 g/mol. The van der Waals surface area contributed by atoms with Gasteiger partial charge in [0.15, 0.2) is 0 Å². The minimum absolute atomic E-state index is 0.0139. The molecule has 0 spiro atoms. The molecular formula is C89H160N2O4S2. The smallest absolute Gasteiger partial charge is 0.306 e. The Morgan fingerprint density at radius 1 is 0.330 bits per heavy atom. The van der Waals surface area contributed by atoms with Gasteiger partial charge in [-0.15, -0.1) is 0 Å². The summed E-state index contributed by atoms with van der Waals surface area (Å²) in [6.07, 6.45) is 111. The highest BCUT2D eigenvalue weighted by Crippen LogP contribution is 2.34. The molecule has 0 aromatic heterocycles. The molecule has 0 radical (unpaired) electrons. The van der Waals surface area contributed by atoms with Crippen LogP contribution in [0.4, 0.5) is 0 Å². The molecule has 0 rings (SSSR count). The standard InChI is InChI=1S/C89H160N2O4S2/c1-4-7-10-13-16-19-22-25-28-33-38-43-48-53-58-63-74-87(75-64-59-54-49-44-39-34-29-26-23-20-17-14-11-8-5-2)95-89(94)78-72-83-91(82-69-71-85-93)81-68-62-57-52-47-42-37-32-31-36-41-46-51-56-61-66-77-88(97-96-86-73-80-90-79-67-70-84-92)76-65-60-55-50-45-40-35-30-27-24-21-18-15-12-9-6-3/h13-18,22-27,32,37,47,52,84-85,87-88,90H,4-12,19-21,28-31,33-36,38-46,48-51,53-83,86H2,1-3H3/b16-13-,17-14-,18-15-,25-22-,26-23-,27-24-,37-32-,52-47-. The Kier molecular flexibility index (Phi) is 83.4. The number of aldehydes is 2. The van der Waals surface area contributed by atoms with Crippen molar-refractivity contribution in [1.82, 2.24) is 10.2 Å². The Morgan fingerprint density at radius 2 is 0.639 bits per heavy atom. The molecule has 0 bridgehead atoms. The third-order valence-electron chi connectivity index (χ3n) is 18.7. The number of hydrogen-bond acceptors (Lipinski definition) is 8. The lowest BCUT2D eigenvalue weighted by molar-refractivity contribution is -0.150. The summed E-state index contributed by atoms with van der Waals surface area (Å²) in [4.78, 5) is 37.7. The molecule has 8 heteroatoms. The van der Waals surface area contributed by atoms with E-state index in [-0.39, 0.29) is 12.1 Å². The predicted octanol–water partition coefficient (Wildman–Crippen LogP) is 28.5. The van der Waals surface area contributed by atoms with E-state index in [0.717, 1.165) is 134 Å². The van der Waals surface area contributed by atoms with Crippen LogP contribution in [0.1, 0.15) is 400 Å². The first kappa shape index (κ1) is 94.3. The van der Waals surface area contributed by atoms with E-state index in [0.29, 0.717) is 19.3 Å². The zero-order valence-electron chi connectivity index (χ0n) is 64.4. The summed E-state index contributed by atoms with van der Waals surface area (Å²) in [5.74, 6) is 1.20. The van der Waals surface area contributed by atoms with E-state index in [2.05, 4.69) is 150 Å². The highest BCUT2D eigenvalue weighted by molar-refractivity contribution is 8.76. The van der Waals surface area contributed by atoms with E-state index in [1.54, 1.807) is 0 Å². The maximum absolute atomic E-state index is 13.4. The van der Waals surface area contributed by atoms with Crippen LogP contribution in [0.15, 0.2) is 97.2 Å². The number of carbonyl (C=O) groups is 3. The molecule has 1 unspecified atom stereocenters. The second-order valence-electron chi connectivity index (χ2n) is 28.2. The summed E-state index contributed by atoms with van der Waals surface area (Å²) in [6, 6.07) is 0. The molecule has 1 N–H and O–H groups in total. The fraction of sp³-hybridized carbons (Fsp3) is 0.787. The van der Waals surface area contributed by atoms with Crippen LogP contribution < -0.4 is 5.32 Å². The topological polar surface area (TPSA) is 75.7 Å². The van der Waals surface area contributed by atoms with E-state index < -0.39 is 0 Å². The second-order valence-corrected chi connectivity index (χ2v) is 31.0. The Balaban J connectivity index is 4.60. The van der Waals surface area contributed by atoms with Gasteiger partial charge in [0.25, 0.3) is 0 Å². The van der Waals surface area contributed by atoms with Crippen molar-refractivity contribution < 1.29 is 19.1 Å². The summed E-state index contributed by atoms with van der Waals surface area (Å²) in [5, 5.41) is 4.30. The number of allylic oxidation sites excluding steroid dienone is 16. The maximum atomic E-state index is 13.4. The first-order chi connectivity index (χ1) is 48.1. The van der Waals surface area contributed by atoms with Gasteiger partial charge in [0, 0.05) is 30.3 Å². The fourth-order valence-electron chi connectivity index (χ4n) is 12.4. The third kappa shape index (κ3) is 80.5. The van der Waals surface area contributed by atoms with Gasteiger partial charge < -0.3 is 24.5 Å². The SMILES string of the molecule is CCCC/C=C\C/C=C\CCCCCCCCCC(CCCCCCCCC/C=C\C/C=C\CCCC)OC(=O)CCCN(CCCC=O)CCCC/C=C\C/C=C\CCCCCCCCCC(CCCCCCCCC/C=C\C/C=C\CCCC)SSCCCNCCCC=O. The summed E-state index contributed by atoms with van der Waals surface area (Å²) < 4.78 is 6.29. The molecule has 0 aromatic carbocycles. The van der Waals surface area contributed by atoms with Gasteiger partial charge in [0.2, 0.25) is 0 Å². The van der Waals surface area contributed by atoms with E-state index in [9.17, 15) is 14.4 Å². The van der Waals surface area contributed by atoms with Crippen molar-refractivity contribution in [3.8, 4) is 0 Å². The Bertz CT molecular complexity index is 1790. The summed E-state index contributed by atoms with van der Waals surface area (Å²) in [5.41, 5.74) is 0. The molecular weight excluding hydrogens is 1230 g/mol. The first-order valence-corrected chi connectivity index (χ1v) is 44.5. The lowest BCUT2D eigenvalue weighted by atomic mass is 10.0. The molecule has 0 heterocycles. The first-order valence-electron chi connectivity index (χ1n) is 42.1. The summed E-state index contributed by atoms with van der Waals surface area (Å²) >= 11 is 0. The molecule has 562 valence electrons. The van der Waals surface area contributed by atoms with Crippen LogP contribution in [-0.2, 0) is 19.1 Å². The lowest BCUT2D eigenvalue weighted by Crippen LogP contribution is -2.28. The molecule has 0 aromatic rings. The van der Waals surface area contributed by atoms with E-state index in [1.165, 1.54) is 282 Å². The van der Waals surface area contributed by atoms with Gasteiger partial charge in [-0.1, -0.05) is 319 Å². The number of rotatable bonds is 81. The highest BCUT2D eigenvalue weighted by atomic mass is 33.1. The van der Waals surface area contributed by atoms with E-state index in [1.807, 2.05) is 0 Å². The van der Waals surface area contributed by atoms with E-state index >= 15 is 0 Å². The maximum Gasteiger partial charge on any atom is 0.306 e. The second kappa shape index (κ2) is 85.8. The monoisotopic (exact) mass is 1390 g/mol. The van der Waals surface area contributed by atoms with Crippen molar-refractivity contribution in [2.45, 2.75) is 411 Å². The van der Waals surface area contributed by atoms with Crippen molar-refractivity contribution >= 4 is 40.1 Å². The number of unbranched alkanes of at least 4 members (excludes halogenated alkanes) is 38. The molecule has 0 fully saturated rings. The van der Waals surface area contributed by atoms with Gasteiger partial charge >= 0.3 is 5.97 Å².